The number of hydrogen-bond acceptors (Lipinski definition) is 4. The van der Waals surface area contributed by atoms with E-state index in [2.05, 4.69) is 26.1 Å². The highest BCUT2D eigenvalue weighted by atomic mass is 79.9. The zero-order valence-corrected chi connectivity index (χ0v) is 13.7. The standard InChI is InChI=1S/C13H20BrN3OS/c1-17(2)6-8-18-7-5-16-12-4-3-10(13(15)19)9-11(12)14/h3-4,9,16H,5-8H2,1-2H3,(H2,15,19). The molecule has 0 fully saturated rings. The maximum Gasteiger partial charge on any atom is 0.104 e. The lowest BCUT2D eigenvalue weighted by Crippen LogP contribution is -2.20. The smallest absolute Gasteiger partial charge is 0.104 e. The zero-order chi connectivity index (χ0) is 14.3. The van der Waals surface area contributed by atoms with E-state index < -0.39 is 0 Å². The first-order valence-corrected chi connectivity index (χ1v) is 7.26. The van der Waals surface area contributed by atoms with E-state index in [9.17, 15) is 0 Å². The Morgan fingerprint density at radius 3 is 2.74 bits per heavy atom. The fourth-order valence-electron chi connectivity index (χ4n) is 1.42. The molecule has 0 spiro atoms. The number of rotatable bonds is 8. The molecule has 0 unspecified atom stereocenters. The van der Waals surface area contributed by atoms with Crippen LogP contribution in [0.5, 0.6) is 0 Å². The molecule has 0 aliphatic heterocycles. The summed E-state index contributed by atoms with van der Waals surface area (Å²) in [4.78, 5) is 2.50. The van der Waals surface area contributed by atoms with Crippen molar-refractivity contribution >= 4 is 38.8 Å². The molecule has 6 heteroatoms. The van der Waals surface area contributed by atoms with Gasteiger partial charge in [0.05, 0.1) is 13.2 Å². The van der Waals surface area contributed by atoms with Crippen molar-refractivity contribution in [2.75, 3.05) is 45.7 Å². The van der Waals surface area contributed by atoms with Crippen LogP contribution in [-0.4, -0.2) is 50.3 Å². The molecule has 4 nitrogen and oxygen atoms in total. The van der Waals surface area contributed by atoms with Crippen LogP contribution in [0, 0.1) is 0 Å². The maximum absolute atomic E-state index is 5.58. The molecule has 1 rings (SSSR count). The van der Waals surface area contributed by atoms with Gasteiger partial charge in [-0.3, -0.25) is 0 Å². The van der Waals surface area contributed by atoms with Crippen LogP contribution in [-0.2, 0) is 4.74 Å². The molecular weight excluding hydrogens is 326 g/mol. The lowest BCUT2D eigenvalue weighted by Gasteiger charge is -2.12. The molecular formula is C13H20BrN3OS. The van der Waals surface area contributed by atoms with Gasteiger partial charge in [-0.05, 0) is 48.2 Å². The molecule has 0 aliphatic rings. The van der Waals surface area contributed by atoms with E-state index >= 15 is 0 Å². The largest absolute Gasteiger partial charge is 0.389 e. The molecule has 0 atom stereocenters. The van der Waals surface area contributed by atoms with Gasteiger partial charge in [0.1, 0.15) is 4.99 Å². The van der Waals surface area contributed by atoms with Gasteiger partial charge in [0.15, 0.2) is 0 Å². The zero-order valence-electron chi connectivity index (χ0n) is 11.3. The summed E-state index contributed by atoms with van der Waals surface area (Å²) < 4.78 is 6.46. The Kier molecular flexibility index (Phi) is 7.30. The molecule has 0 saturated heterocycles. The first kappa shape index (κ1) is 16.4. The highest BCUT2D eigenvalue weighted by Crippen LogP contribution is 2.23. The Bertz CT molecular complexity index is 426. The van der Waals surface area contributed by atoms with Crippen LogP contribution in [0.25, 0.3) is 0 Å². The van der Waals surface area contributed by atoms with Crippen molar-refractivity contribution < 1.29 is 4.74 Å². The maximum atomic E-state index is 5.58. The average Bonchev–Trinajstić information content (AvgIpc) is 2.34. The molecule has 0 saturated carbocycles. The Balaban J connectivity index is 2.32. The van der Waals surface area contributed by atoms with Crippen LogP contribution in [0.15, 0.2) is 22.7 Å². The topological polar surface area (TPSA) is 50.5 Å². The molecule has 0 aromatic heterocycles. The van der Waals surface area contributed by atoms with Crippen molar-refractivity contribution in [1.82, 2.24) is 4.90 Å². The van der Waals surface area contributed by atoms with Crippen molar-refractivity contribution in [3.8, 4) is 0 Å². The number of benzene rings is 1. The molecule has 1 aromatic rings. The normalized spacial score (nSPS) is 10.7. The third-order valence-electron chi connectivity index (χ3n) is 2.50. The minimum absolute atomic E-state index is 0.402. The number of halogens is 1. The van der Waals surface area contributed by atoms with Gasteiger partial charge in [-0.1, -0.05) is 12.2 Å². The summed E-state index contributed by atoms with van der Waals surface area (Å²) in [5.41, 5.74) is 7.44. The Labute approximate surface area is 128 Å². The van der Waals surface area contributed by atoms with E-state index in [0.717, 1.165) is 35.4 Å². The summed E-state index contributed by atoms with van der Waals surface area (Å²) in [6.07, 6.45) is 0. The minimum atomic E-state index is 0.402. The van der Waals surface area contributed by atoms with Gasteiger partial charge in [-0.25, -0.2) is 0 Å². The Morgan fingerprint density at radius 2 is 2.16 bits per heavy atom. The Morgan fingerprint density at radius 1 is 1.42 bits per heavy atom. The molecule has 19 heavy (non-hydrogen) atoms. The predicted molar refractivity (Wildman–Crippen MR) is 87.9 cm³/mol. The van der Waals surface area contributed by atoms with Crippen LogP contribution in [0.2, 0.25) is 0 Å². The summed E-state index contributed by atoms with van der Waals surface area (Å²) in [6, 6.07) is 5.78. The van der Waals surface area contributed by atoms with Gasteiger partial charge in [-0.2, -0.15) is 0 Å². The molecule has 0 heterocycles. The van der Waals surface area contributed by atoms with Gasteiger partial charge in [0.25, 0.3) is 0 Å². The third-order valence-corrected chi connectivity index (χ3v) is 3.39. The van der Waals surface area contributed by atoms with Crippen LogP contribution in [0.4, 0.5) is 5.69 Å². The predicted octanol–water partition coefficient (Wildman–Crippen LogP) is 2.07. The van der Waals surface area contributed by atoms with Crippen molar-refractivity contribution in [2.45, 2.75) is 0 Å². The summed E-state index contributed by atoms with van der Waals surface area (Å²) in [6.45, 7) is 3.12. The molecule has 0 radical (unpaired) electrons. The SMILES string of the molecule is CN(C)CCOCCNc1ccc(C(N)=S)cc1Br. The van der Waals surface area contributed by atoms with E-state index in [1.807, 2.05) is 32.3 Å². The van der Waals surface area contributed by atoms with Crippen LogP contribution in [0.1, 0.15) is 5.56 Å². The summed E-state index contributed by atoms with van der Waals surface area (Å²) >= 11 is 8.43. The van der Waals surface area contributed by atoms with Crippen LogP contribution in [0.3, 0.4) is 0 Å². The van der Waals surface area contributed by atoms with Gasteiger partial charge in [-0.15, -0.1) is 0 Å². The van der Waals surface area contributed by atoms with Gasteiger partial charge in [0.2, 0.25) is 0 Å². The third kappa shape index (κ3) is 6.33. The van der Waals surface area contributed by atoms with Crippen LogP contribution < -0.4 is 11.1 Å². The second kappa shape index (κ2) is 8.47. The number of nitrogens with zero attached hydrogens (tertiary/aromatic N) is 1. The Hall–Kier alpha value is -0.690. The monoisotopic (exact) mass is 345 g/mol. The molecule has 106 valence electrons. The molecule has 0 amide bonds. The molecule has 0 aliphatic carbocycles. The van der Waals surface area contributed by atoms with Crippen molar-refractivity contribution in [3.63, 3.8) is 0 Å². The van der Waals surface area contributed by atoms with E-state index in [-0.39, 0.29) is 0 Å². The average molecular weight is 346 g/mol. The van der Waals surface area contributed by atoms with Crippen LogP contribution >= 0.6 is 28.1 Å². The number of ether oxygens (including phenoxy) is 1. The number of nitrogens with two attached hydrogens (primary N) is 1. The minimum Gasteiger partial charge on any atom is -0.389 e. The summed E-state index contributed by atoms with van der Waals surface area (Å²) in [5.74, 6) is 0. The van der Waals surface area contributed by atoms with E-state index in [1.165, 1.54) is 0 Å². The lowest BCUT2D eigenvalue weighted by molar-refractivity contribution is 0.126. The molecule has 1 aromatic carbocycles. The van der Waals surface area contributed by atoms with Gasteiger partial charge < -0.3 is 20.7 Å². The number of likely N-dealkylation sites (N-methyl/N-ethyl adjacent to an activating group) is 1. The van der Waals surface area contributed by atoms with Gasteiger partial charge >= 0.3 is 0 Å². The second-order valence-corrected chi connectivity index (χ2v) is 5.70. The highest BCUT2D eigenvalue weighted by molar-refractivity contribution is 9.10. The number of anilines is 1. The van der Waals surface area contributed by atoms with E-state index in [0.29, 0.717) is 11.6 Å². The summed E-state index contributed by atoms with van der Waals surface area (Å²) in [5, 5.41) is 3.30. The number of nitrogens with one attached hydrogen (secondary N) is 1. The fraction of sp³-hybridized carbons (Fsp3) is 0.462. The first-order chi connectivity index (χ1) is 9.00. The first-order valence-electron chi connectivity index (χ1n) is 6.06. The number of hydrogen-bond donors (Lipinski definition) is 2. The van der Waals surface area contributed by atoms with Crippen molar-refractivity contribution in [2.24, 2.45) is 5.73 Å². The van der Waals surface area contributed by atoms with Gasteiger partial charge in [0, 0.05) is 28.8 Å². The fourth-order valence-corrected chi connectivity index (χ4v) is 2.06. The number of thiocarbonyl (C=S) groups is 1. The molecule has 3 N–H and O–H groups in total. The second-order valence-electron chi connectivity index (χ2n) is 4.40. The van der Waals surface area contributed by atoms with E-state index in [1.54, 1.807) is 0 Å². The van der Waals surface area contributed by atoms with Crippen molar-refractivity contribution in [1.29, 1.82) is 0 Å². The quantitative estimate of drug-likeness (QED) is 0.558. The summed E-state index contributed by atoms with van der Waals surface area (Å²) in [7, 11) is 4.06. The highest BCUT2D eigenvalue weighted by Gasteiger charge is 2.02. The molecule has 0 bridgehead atoms. The lowest BCUT2D eigenvalue weighted by atomic mass is 10.2. The van der Waals surface area contributed by atoms with E-state index in [4.69, 9.17) is 22.7 Å². The van der Waals surface area contributed by atoms with Crippen molar-refractivity contribution in [3.05, 3.63) is 28.2 Å².